The largest absolute Gasteiger partial charge is 0.479 e. The van der Waals surface area contributed by atoms with Crippen LogP contribution in [0.25, 0.3) is 0 Å². The molecule has 0 amide bonds. The van der Waals surface area contributed by atoms with E-state index in [1.165, 1.54) is 12.5 Å². The van der Waals surface area contributed by atoms with Crippen LogP contribution in [-0.4, -0.2) is 33.9 Å². The molecular formula is C32H50O5. The summed E-state index contributed by atoms with van der Waals surface area (Å²) in [6, 6.07) is 0. The lowest BCUT2D eigenvalue weighted by Crippen LogP contribution is -2.68. The monoisotopic (exact) mass is 514 g/mol. The zero-order chi connectivity index (χ0) is 27.4. The highest BCUT2D eigenvalue weighted by Gasteiger charge is 2.71. The number of carboxylic acid groups (broad SMARTS) is 1. The molecule has 5 heteroatoms. The average Bonchev–Trinajstić information content (AvgIpc) is 2.79. The highest BCUT2D eigenvalue weighted by molar-refractivity contribution is 5.79. The Labute approximate surface area is 223 Å². The van der Waals surface area contributed by atoms with Gasteiger partial charge in [-0.15, -0.1) is 0 Å². The standard InChI is InChI=1S/C32H50O5/c1-19-11-14-28(5)17-18-30(7)21(25(28)32(19,36)26(34)35)9-10-23-29(6)15-13-24(37-20(2)33)27(3,4)22(29)12-16-31(23,30)8/h9,19,22-25,36H,10-18H2,1-8H3,(H,34,35). The van der Waals surface area contributed by atoms with E-state index in [0.29, 0.717) is 11.8 Å². The van der Waals surface area contributed by atoms with Crippen molar-refractivity contribution >= 4 is 11.9 Å². The molecule has 0 radical (unpaired) electrons. The molecule has 0 spiro atoms. The van der Waals surface area contributed by atoms with E-state index in [1.54, 1.807) is 0 Å². The van der Waals surface area contributed by atoms with Crippen molar-refractivity contribution in [2.24, 2.45) is 50.7 Å². The van der Waals surface area contributed by atoms with Crippen LogP contribution >= 0.6 is 0 Å². The number of fused-ring (bicyclic) bond motifs is 7. The van der Waals surface area contributed by atoms with Crippen LogP contribution in [0.4, 0.5) is 0 Å². The van der Waals surface area contributed by atoms with Gasteiger partial charge in [-0.25, -0.2) is 4.79 Å². The van der Waals surface area contributed by atoms with Crippen LogP contribution < -0.4 is 0 Å². The van der Waals surface area contributed by atoms with Crippen LogP contribution in [0.15, 0.2) is 11.6 Å². The molecule has 0 aliphatic heterocycles. The Kier molecular flexibility index (Phi) is 5.95. The first-order valence-electron chi connectivity index (χ1n) is 14.8. The van der Waals surface area contributed by atoms with Gasteiger partial charge < -0.3 is 14.9 Å². The number of aliphatic carboxylic acids is 1. The molecule has 5 nitrogen and oxygen atoms in total. The Morgan fingerprint density at radius 1 is 0.919 bits per heavy atom. The summed E-state index contributed by atoms with van der Waals surface area (Å²) in [4.78, 5) is 24.6. The SMILES string of the molecule is CC(=O)OC1CCC2(C)C(CCC3(C)C2CC=C2C4C(C)(CCC(C)C4(O)C(=O)O)CCC23C)C1(C)C. The van der Waals surface area contributed by atoms with Crippen LogP contribution in [0.5, 0.6) is 0 Å². The highest BCUT2D eigenvalue weighted by atomic mass is 16.5. The van der Waals surface area contributed by atoms with Crippen LogP contribution in [0, 0.1) is 50.7 Å². The first kappa shape index (κ1) is 27.2. The van der Waals surface area contributed by atoms with Gasteiger partial charge in [0.25, 0.3) is 0 Å². The molecule has 37 heavy (non-hydrogen) atoms. The quantitative estimate of drug-likeness (QED) is 0.314. The third-order valence-electron chi connectivity index (χ3n) is 13.7. The molecule has 5 aliphatic rings. The predicted molar refractivity (Wildman–Crippen MR) is 144 cm³/mol. The Bertz CT molecular complexity index is 1030. The molecule has 2 N–H and O–H groups in total. The van der Waals surface area contributed by atoms with Crippen LogP contribution in [0.1, 0.15) is 113 Å². The molecule has 5 rings (SSSR count). The maximum Gasteiger partial charge on any atom is 0.336 e. The number of ether oxygens (including phenoxy) is 1. The molecule has 0 aromatic heterocycles. The number of aliphatic hydroxyl groups is 1. The molecular weight excluding hydrogens is 464 g/mol. The third-order valence-corrected chi connectivity index (χ3v) is 13.7. The maximum atomic E-state index is 12.7. The summed E-state index contributed by atoms with van der Waals surface area (Å²) in [7, 11) is 0. The van der Waals surface area contributed by atoms with Gasteiger partial charge in [0.05, 0.1) is 0 Å². The molecule has 10 atom stereocenters. The van der Waals surface area contributed by atoms with Gasteiger partial charge in [-0.1, -0.05) is 60.1 Å². The number of esters is 1. The lowest BCUT2D eigenvalue weighted by Gasteiger charge is -2.72. The van der Waals surface area contributed by atoms with Gasteiger partial charge in [0.1, 0.15) is 6.10 Å². The Morgan fingerprint density at radius 3 is 2.22 bits per heavy atom. The number of carbonyl (C=O) groups excluding carboxylic acids is 1. The first-order chi connectivity index (χ1) is 17.0. The van der Waals surface area contributed by atoms with Crippen LogP contribution in [0.3, 0.4) is 0 Å². The minimum absolute atomic E-state index is 0.0358. The fourth-order valence-corrected chi connectivity index (χ4v) is 11.3. The van der Waals surface area contributed by atoms with E-state index in [1.807, 2.05) is 6.92 Å². The summed E-state index contributed by atoms with van der Waals surface area (Å²) >= 11 is 0. The van der Waals surface area contributed by atoms with Crippen molar-refractivity contribution in [2.45, 2.75) is 125 Å². The second-order valence-electron chi connectivity index (χ2n) is 15.4. The molecule has 0 aromatic rings. The second-order valence-corrected chi connectivity index (χ2v) is 15.4. The van der Waals surface area contributed by atoms with Crippen molar-refractivity contribution in [1.82, 2.24) is 0 Å². The lowest BCUT2D eigenvalue weighted by atomic mass is 9.33. The minimum Gasteiger partial charge on any atom is -0.479 e. The Hall–Kier alpha value is -1.36. The summed E-state index contributed by atoms with van der Waals surface area (Å²) in [6.07, 6.45) is 11.2. The topological polar surface area (TPSA) is 83.8 Å². The zero-order valence-electron chi connectivity index (χ0n) is 24.4. The van der Waals surface area contributed by atoms with Crippen molar-refractivity contribution in [3.63, 3.8) is 0 Å². The molecule has 4 fully saturated rings. The van der Waals surface area contributed by atoms with E-state index in [-0.39, 0.29) is 51.0 Å². The van der Waals surface area contributed by atoms with Crippen molar-refractivity contribution in [2.75, 3.05) is 0 Å². The fourth-order valence-electron chi connectivity index (χ4n) is 11.3. The van der Waals surface area contributed by atoms with Gasteiger partial charge in [0, 0.05) is 18.3 Å². The number of hydrogen-bond donors (Lipinski definition) is 2. The number of hydrogen-bond acceptors (Lipinski definition) is 4. The van der Waals surface area contributed by atoms with Gasteiger partial charge in [-0.05, 0) is 97.2 Å². The number of carbonyl (C=O) groups is 2. The smallest absolute Gasteiger partial charge is 0.336 e. The number of allylic oxidation sites excluding steroid dienone is 1. The van der Waals surface area contributed by atoms with E-state index in [4.69, 9.17) is 4.74 Å². The molecule has 0 saturated heterocycles. The van der Waals surface area contributed by atoms with Crippen molar-refractivity contribution in [3.8, 4) is 0 Å². The fraction of sp³-hybridized carbons (Fsp3) is 0.875. The second kappa shape index (κ2) is 8.08. The normalized spacial score (nSPS) is 52.5. The highest BCUT2D eigenvalue weighted by Crippen LogP contribution is 2.76. The van der Waals surface area contributed by atoms with Gasteiger partial charge in [0.2, 0.25) is 0 Å². The van der Waals surface area contributed by atoms with Gasteiger partial charge in [0.15, 0.2) is 5.60 Å². The first-order valence-corrected chi connectivity index (χ1v) is 14.8. The van der Waals surface area contributed by atoms with Gasteiger partial charge >= 0.3 is 11.9 Å². The summed E-state index contributed by atoms with van der Waals surface area (Å²) in [6.45, 7) is 17.7. The van der Waals surface area contributed by atoms with Gasteiger partial charge in [-0.3, -0.25) is 4.79 Å². The molecule has 0 bridgehead atoms. The summed E-state index contributed by atoms with van der Waals surface area (Å²) < 4.78 is 5.86. The van der Waals surface area contributed by atoms with Crippen LogP contribution in [0.2, 0.25) is 0 Å². The van der Waals surface area contributed by atoms with E-state index >= 15 is 0 Å². The van der Waals surface area contributed by atoms with E-state index in [0.717, 1.165) is 57.8 Å². The predicted octanol–water partition coefficient (Wildman–Crippen LogP) is 6.78. The van der Waals surface area contributed by atoms with Gasteiger partial charge in [-0.2, -0.15) is 0 Å². The molecule has 4 saturated carbocycles. The van der Waals surface area contributed by atoms with E-state index < -0.39 is 11.6 Å². The van der Waals surface area contributed by atoms with E-state index in [2.05, 4.69) is 47.6 Å². The van der Waals surface area contributed by atoms with Crippen molar-refractivity contribution in [1.29, 1.82) is 0 Å². The number of rotatable bonds is 2. The van der Waals surface area contributed by atoms with Crippen molar-refractivity contribution in [3.05, 3.63) is 11.6 Å². The Balaban J connectivity index is 1.59. The molecule has 0 aromatic carbocycles. The van der Waals surface area contributed by atoms with E-state index in [9.17, 15) is 19.8 Å². The Morgan fingerprint density at radius 2 is 1.59 bits per heavy atom. The lowest BCUT2D eigenvalue weighted by molar-refractivity contribution is -0.222. The van der Waals surface area contributed by atoms with Crippen molar-refractivity contribution < 1.29 is 24.5 Å². The molecule has 0 heterocycles. The summed E-state index contributed by atoms with van der Waals surface area (Å²) in [5.74, 6) is -0.878. The number of carboxylic acids is 1. The summed E-state index contributed by atoms with van der Waals surface area (Å²) in [5.41, 5.74) is -0.708. The molecule has 5 aliphatic carbocycles. The molecule has 10 unspecified atom stereocenters. The van der Waals surface area contributed by atoms with Crippen LogP contribution in [-0.2, 0) is 14.3 Å². The zero-order valence-corrected chi connectivity index (χ0v) is 24.4. The maximum absolute atomic E-state index is 12.7. The summed E-state index contributed by atoms with van der Waals surface area (Å²) in [5, 5.41) is 22.4. The minimum atomic E-state index is -1.71. The molecule has 208 valence electrons. The third kappa shape index (κ3) is 3.31. The average molecular weight is 515 g/mol.